The normalized spacial score (nSPS) is 14.5. The van der Waals surface area contributed by atoms with Gasteiger partial charge >= 0.3 is 0 Å². The van der Waals surface area contributed by atoms with Crippen LogP contribution < -0.4 is 0 Å². The van der Waals surface area contributed by atoms with E-state index in [4.69, 9.17) is 0 Å². The smallest absolute Gasteiger partial charge is 0.0627 e. The van der Waals surface area contributed by atoms with Crippen molar-refractivity contribution in [1.29, 1.82) is 0 Å². The molecule has 0 bridgehead atoms. The lowest BCUT2D eigenvalue weighted by atomic mass is 9.96. The van der Waals surface area contributed by atoms with Crippen molar-refractivity contribution in [2.75, 3.05) is 0 Å². The molecule has 3 heteroatoms. The summed E-state index contributed by atoms with van der Waals surface area (Å²) in [5, 5.41) is 4.42. The molecule has 0 fully saturated rings. The first-order valence-electron chi connectivity index (χ1n) is 5.84. The van der Waals surface area contributed by atoms with Crippen molar-refractivity contribution in [1.82, 2.24) is 9.78 Å². The minimum Gasteiger partial charge on any atom is -0.276 e. The molecular formula is C14H17BrN2. The summed E-state index contributed by atoms with van der Waals surface area (Å²) >= 11 is 3.78. The fourth-order valence-corrected chi connectivity index (χ4v) is 2.46. The lowest BCUT2D eigenvalue weighted by molar-refractivity contribution is 0.557. The minimum absolute atomic E-state index is 0.380. The summed E-state index contributed by atoms with van der Waals surface area (Å²) in [4.78, 5) is 0.380. The lowest BCUT2D eigenvalue weighted by Crippen LogP contribution is -2.07. The molecule has 0 amide bonds. The Morgan fingerprint density at radius 3 is 2.53 bits per heavy atom. The van der Waals surface area contributed by atoms with Gasteiger partial charge in [-0.15, -0.1) is 0 Å². The predicted molar refractivity (Wildman–Crippen MR) is 74.2 cm³/mol. The molecule has 0 saturated heterocycles. The SMILES string of the molecule is CC(Cc1ccn(C)n1)C(Br)c1ccccc1. The van der Waals surface area contributed by atoms with Gasteiger partial charge in [0.1, 0.15) is 0 Å². The maximum absolute atomic E-state index is 4.42. The summed E-state index contributed by atoms with van der Waals surface area (Å²) in [5.74, 6) is 0.521. The molecule has 2 atom stereocenters. The fraction of sp³-hybridized carbons (Fsp3) is 0.357. The van der Waals surface area contributed by atoms with Crippen molar-refractivity contribution in [2.24, 2.45) is 13.0 Å². The molecule has 0 spiro atoms. The van der Waals surface area contributed by atoms with Crippen LogP contribution in [0.1, 0.15) is 23.0 Å². The van der Waals surface area contributed by atoms with Gasteiger partial charge in [0.2, 0.25) is 0 Å². The van der Waals surface area contributed by atoms with Crippen LogP contribution in [-0.4, -0.2) is 9.78 Å². The van der Waals surface area contributed by atoms with Crippen molar-refractivity contribution >= 4 is 15.9 Å². The summed E-state index contributed by atoms with van der Waals surface area (Å²) in [6, 6.07) is 12.6. The quantitative estimate of drug-likeness (QED) is 0.785. The number of benzene rings is 1. The van der Waals surface area contributed by atoms with Gasteiger partial charge in [-0.25, -0.2) is 0 Å². The van der Waals surface area contributed by atoms with Gasteiger partial charge in [0.15, 0.2) is 0 Å². The zero-order valence-electron chi connectivity index (χ0n) is 10.2. The Bertz CT molecular complexity index is 464. The summed E-state index contributed by atoms with van der Waals surface area (Å²) in [6.45, 7) is 2.25. The van der Waals surface area contributed by atoms with Gasteiger partial charge in [0.05, 0.1) is 5.69 Å². The molecule has 0 saturated carbocycles. The van der Waals surface area contributed by atoms with E-state index in [2.05, 4.69) is 58.3 Å². The van der Waals surface area contributed by atoms with Crippen molar-refractivity contribution in [3.63, 3.8) is 0 Å². The molecule has 1 heterocycles. The average molecular weight is 293 g/mol. The molecule has 1 aromatic heterocycles. The van der Waals surface area contributed by atoms with Crippen molar-refractivity contribution < 1.29 is 0 Å². The largest absolute Gasteiger partial charge is 0.276 e. The third kappa shape index (κ3) is 3.19. The summed E-state index contributed by atoms with van der Waals surface area (Å²) in [7, 11) is 1.96. The van der Waals surface area contributed by atoms with Gasteiger partial charge < -0.3 is 0 Å². The highest BCUT2D eigenvalue weighted by Crippen LogP contribution is 2.32. The maximum Gasteiger partial charge on any atom is 0.0627 e. The topological polar surface area (TPSA) is 17.8 Å². The van der Waals surface area contributed by atoms with Crippen molar-refractivity contribution in [3.8, 4) is 0 Å². The second-order valence-electron chi connectivity index (χ2n) is 4.47. The van der Waals surface area contributed by atoms with E-state index in [1.54, 1.807) is 0 Å². The summed E-state index contributed by atoms with van der Waals surface area (Å²) in [5.41, 5.74) is 2.48. The van der Waals surface area contributed by atoms with Crippen molar-refractivity contribution in [3.05, 3.63) is 53.9 Å². The number of aryl methyl sites for hydroxylation is 1. The number of alkyl halides is 1. The number of halogens is 1. The van der Waals surface area contributed by atoms with Crippen LogP contribution in [-0.2, 0) is 13.5 Å². The number of aromatic nitrogens is 2. The molecule has 0 aliphatic rings. The Labute approximate surface area is 111 Å². The van der Waals surface area contributed by atoms with Crippen LogP contribution in [0.4, 0.5) is 0 Å². The molecule has 90 valence electrons. The van der Waals surface area contributed by atoms with E-state index < -0.39 is 0 Å². The maximum atomic E-state index is 4.42. The summed E-state index contributed by atoms with van der Waals surface area (Å²) in [6.07, 6.45) is 2.99. The zero-order chi connectivity index (χ0) is 12.3. The lowest BCUT2D eigenvalue weighted by Gasteiger charge is -2.17. The van der Waals surface area contributed by atoms with Gasteiger partial charge in [-0.05, 0) is 24.0 Å². The Morgan fingerprint density at radius 1 is 1.24 bits per heavy atom. The Morgan fingerprint density at radius 2 is 1.94 bits per heavy atom. The Balaban J connectivity index is 2.03. The molecular weight excluding hydrogens is 276 g/mol. The molecule has 17 heavy (non-hydrogen) atoms. The van der Waals surface area contributed by atoms with Gasteiger partial charge in [-0.2, -0.15) is 5.10 Å². The molecule has 2 nitrogen and oxygen atoms in total. The van der Waals surface area contributed by atoms with E-state index >= 15 is 0 Å². The molecule has 0 N–H and O–H groups in total. The molecule has 0 radical (unpaired) electrons. The zero-order valence-corrected chi connectivity index (χ0v) is 11.8. The van der Waals surface area contributed by atoms with E-state index in [0.29, 0.717) is 10.7 Å². The van der Waals surface area contributed by atoms with E-state index in [0.717, 1.165) is 12.1 Å². The first kappa shape index (κ1) is 12.4. The number of hydrogen-bond acceptors (Lipinski definition) is 1. The highest BCUT2D eigenvalue weighted by molar-refractivity contribution is 9.09. The monoisotopic (exact) mass is 292 g/mol. The Hall–Kier alpha value is -1.09. The van der Waals surface area contributed by atoms with Crippen LogP contribution in [0.15, 0.2) is 42.6 Å². The molecule has 2 unspecified atom stereocenters. The van der Waals surface area contributed by atoms with E-state index in [9.17, 15) is 0 Å². The van der Waals surface area contributed by atoms with E-state index in [1.165, 1.54) is 5.56 Å². The number of hydrogen-bond donors (Lipinski definition) is 0. The van der Waals surface area contributed by atoms with Crippen LogP contribution in [0, 0.1) is 5.92 Å². The number of nitrogens with zero attached hydrogens (tertiary/aromatic N) is 2. The standard InChI is InChI=1S/C14H17BrN2/c1-11(10-13-8-9-17(2)16-13)14(15)12-6-4-3-5-7-12/h3-9,11,14H,10H2,1-2H3. The molecule has 0 aliphatic heterocycles. The predicted octanol–water partition coefficient (Wildman–Crippen LogP) is 3.73. The van der Waals surface area contributed by atoms with E-state index in [-0.39, 0.29) is 0 Å². The molecule has 2 aromatic rings. The minimum atomic E-state index is 0.380. The third-order valence-corrected chi connectivity index (χ3v) is 4.35. The second-order valence-corrected chi connectivity index (χ2v) is 5.46. The van der Waals surface area contributed by atoms with Crippen LogP contribution in [0.3, 0.4) is 0 Å². The highest BCUT2D eigenvalue weighted by atomic mass is 79.9. The van der Waals surface area contributed by atoms with Gasteiger partial charge in [0, 0.05) is 18.1 Å². The molecule has 0 aliphatic carbocycles. The van der Waals surface area contributed by atoms with Crippen LogP contribution in [0.25, 0.3) is 0 Å². The summed E-state index contributed by atoms with van der Waals surface area (Å²) < 4.78 is 1.85. The van der Waals surface area contributed by atoms with Crippen LogP contribution in [0.2, 0.25) is 0 Å². The highest BCUT2D eigenvalue weighted by Gasteiger charge is 2.17. The van der Waals surface area contributed by atoms with Crippen LogP contribution >= 0.6 is 15.9 Å². The number of rotatable bonds is 4. The molecule has 2 rings (SSSR count). The van der Waals surface area contributed by atoms with E-state index in [1.807, 2.05) is 24.0 Å². The van der Waals surface area contributed by atoms with Gasteiger partial charge in [0.25, 0.3) is 0 Å². The van der Waals surface area contributed by atoms with Gasteiger partial charge in [-0.3, -0.25) is 4.68 Å². The van der Waals surface area contributed by atoms with Gasteiger partial charge in [-0.1, -0.05) is 53.2 Å². The third-order valence-electron chi connectivity index (χ3n) is 2.92. The second kappa shape index (κ2) is 5.50. The average Bonchev–Trinajstić information content (AvgIpc) is 2.75. The molecule has 1 aromatic carbocycles. The van der Waals surface area contributed by atoms with Crippen molar-refractivity contribution in [2.45, 2.75) is 18.2 Å². The fourth-order valence-electron chi connectivity index (χ4n) is 1.97. The first-order chi connectivity index (χ1) is 8.16. The van der Waals surface area contributed by atoms with Crippen LogP contribution in [0.5, 0.6) is 0 Å². The Kier molecular flexibility index (Phi) is 4.00. The first-order valence-corrected chi connectivity index (χ1v) is 6.76.